The van der Waals surface area contributed by atoms with E-state index in [1.165, 1.54) is 44.9 Å². The first kappa shape index (κ1) is 13.7. The number of thioether (sulfide) groups is 1. The lowest BCUT2D eigenvalue weighted by Crippen LogP contribution is -2.16. The van der Waals surface area contributed by atoms with Gasteiger partial charge in [0.2, 0.25) is 0 Å². The molecule has 3 rings (SSSR count). The number of aromatic amines is 1. The molecule has 0 bridgehead atoms. The largest absolute Gasteiger partial charge is 0.309 e. The monoisotopic (exact) mass is 342 g/mol. The predicted molar refractivity (Wildman–Crippen MR) is 82.7 cm³/mol. The van der Waals surface area contributed by atoms with Crippen LogP contribution in [0.3, 0.4) is 0 Å². The summed E-state index contributed by atoms with van der Waals surface area (Å²) in [6, 6.07) is 0. The summed E-state index contributed by atoms with van der Waals surface area (Å²) >= 11 is 5.33. The number of hydrogen-bond acceptors (Lipinski definition) is 3. The molecule has 1 aromatic rings. The molecule has 0 aliphatic heterocycles. The van der Waals surface area contributed by atoms with Crippen LogP contribution in [-0.4, -0.2) is 15.2 Å². The van der Waals surface area contributed by atoms with E-state index in [9.17, 15) is 4.79 Å². The van der Waals surface area contributed by atoms with Crippen molar-refractivity contribution in [2.24, 2.45) is 0 Å². The Morgan fingerprint density at radius 2 is 1.95 bits per heavy atom. The number of H-pyrrole nitrogens is 1. The third kappa shape index (κ3) is 3.43. The lowest BCUT2D eigenvalue weighted by Gasteiger charge is -2.20. The average Bonchev–Trinajstić information content (AvgIpc) is 3.25. The Bertz CT molecular complexity index is 507. The van der Waals surface area contributed by atoms with Gasteiger partial charge >= 0.3 is 0 Å². The second-order valence-electron chi connectivity index (χ2n) is 5.56. The molecule has 19 heavy (non-hydrogen) atoms. The van der Waals surface area contributed by atoms with E-state index in [0.717, 1.165) is 22.5 Å². The summed E-state index contributed by atoms with van der Waals surface area (Å²) in [6.45, 7) is 0. The first-order valence-electron chi connectivity index (χ1n) is 7.14. The van der Waals surface area contributed by atoms with Crippen molar-refractivity contribution >= 4 is 27.7 Å². The highest BCUT2D eigenvalue weighted by Gasteiger charge is 2.29. The van der Waals surface area contributed by atoms with Crippen molar-refractivity contribution in [3.8, 4) is 0 Å². The molecule has 1 N–H and O–H groups in total. The second kappa shape index (κ2) is 6.00. The summed E-state index contributed by atoms with van der Waals surface area (Å²) in [5.74, 6) is 2.20. The van der Waals surface area contributed by atoms with Crippen LogP contribution in [0, 0.1) is 0 Å². The van der Waals surface area contributed by atoms with Gasteiger partial charge in [0.15, 0.2) is 0 Å². The van der Waals surface area contributed by atoms with E-state index in [1.807, 2.05) is 11.8 Å². The van der Waals surface area contributed by atoms with Crippen molar-refractivity contribution in [1.82, 2.24) is 9.97 Å². The number of nitrogens with zero attached hydrogens (tertiary/aromatic N) is 1. The molecule has 3 nitrogen and oxygen atoms in total. The van der Waals surface area contributed by atoms with Crippen LogP contribution in [0.4, 0.5) is 0 Å². The van der Waals surface area contributed by atoms with Crippen LogP contribution in [0.5, 0.6) is 0 Å². The maximum atomic E-state index is 11.9. The normalized spacial score (nSPS) is 20.7. The first-order valence-corrected chi connectivity index (χ1v) is 8.98. The number of nitrogens with one attached hydrogen (secondary N) is 1. The van der Waals surface area contributed by atoms with Crippen LogP contribution in [0.25, 0.3) is 0 Å². The Labute approximate surface area is 126 Å². The molecule has 1 aromatic heterocycles. The van der Waals surface area contributed by atoms with Crippen LogP contribution >= 0.6 is 27.7 Å². The Hall–Kier alpha value is -0.290. The molecule has 0 unspecified atom stereocenters. The Kier molecular flexibility index (Phi) is 4.32. The smallest absolute Gasteiger partial charge is 0.265 e. The van der Waals surface area contributed by atoms with Gasteiger partial charge in [-0.3, -0.25) is 4.79 Å². The van der Waals surface area contributed by atoms with Crippen LogP contribution < -0.4 is 5.56 Å². The summed E-state index contributed by atoms with van der Waals surface area (Å²) in [5, 5.41) is 0.757. The van der Waals surface area contributed by atoms with Gasteiger partial charge in [-0.1, -0.05) is 19.3 Å². The highest BCUT2D eigenvalue weighted by Crippen LogP contribution is 2.41. The zero-order valence-corrected chi connectivity index (χ0v) is 13.4. The highest BCUT2D eigenvalue weighted by atomic mass is 79.9. The van der Waals surface area contributed by atoms with E-state index in [0.29, 0.717) is 10.4 Å². The molecule has 2 saturated carbocycles. The van der Waals surface area contributed by atoms with Crippen LogP contribution in [0.15, 0.2) is 9.27 Å². The minimum atomic E-state index is -0.0175. The lowest BCUT2D eigenvalue weighted by atomic mass is 10.0. The van der Waals surface area contributed by atoms with Gasteiger partial charge in [-0.2, -0.15) is 11.8 Å². The molecule has 0 atom stereocenters. The third-order valence-electron chi connectivity index (χ3n) is 3.91. The molecule has 2 aliphatic rings. The van der Waals surface area contributed by atoms with Gasteiger partial charge in [0.25, 0.3) is 5.56 Å². The van der Waals surface area contributed by atoms with Crippen LogP contribution in [-0.2, 0) is 5.75 Å². The van der Waals surface area contributed by atoms with Crippen molar-refractivity contribution in [3.05, 3.63) is 26.3 Å². The molecule has 0 aromatic carbocycles. The predicted octanol–water partition coefficient (Wildman–Crippen LogP) is 3.98. The molecule has 5 heteroatoms. The fourth-order valence-electron chi connectivity index (χ4n) is 2.65. The van der Waals surface area contributed by atoms with Gasteiger partial charge in [-0.05, 0) is 41.6 Å². The number of hydrogen-bond donors (Lipinski definition) is 1. The lowest BCUT2D eigenvalue weighted by molar-refractivity contribution is 0.516. The highest BCUT2D eigenvalue weighted by molar-refractivity contribution is 9.10. The number of rotatable bonds is 4. The topological polar surface area (TPSA) is 45.8 Å². The molecule has 0 saturated heterocycles. The number of halogens is 1. The van der Waals surface area contributed by atoms with Crippen molar-refractivity contribution in [3.63, 3.8) is 0 Å². The van der Waals surface area contributed by atoms with Crippen LogP contribution in [0.2, 0.25) is 0 Å². The van der Waals surface area contributed by atoms with Gasteiger partial charge in [0.1, 0.15) is 10.3 Å². The SMILES string of the molecule is O=c1[nH]c(CSC2CCCCC2)nc(C2CC2)c1Br. The van der Waals surface area contributed by atoms with E-state index in [1.54, 1.807) is 0 Å². The fraction of sp³-hybridized carbons (Fsp3) is 0.714. The minimum absolute atomic E-state index is 0.0175. The molecule has 2 fully saturated rings. The Balaban J connectivity index is 1.68. The minimum Gasteiger partial charge on any atom is -0.309 e. The zero-order chi connectivity index (χ0) is 13.2. The summed E-state index contributed by atoms with van der Waals surface area (Å²) in [6.07, 6.45) is 9.08. The van der Waals surface area contributed by atoms with Crippen molar-refractivity contribution < 1.29 is 0 Å². The van der Waals surface area contributed by atoms with E-state index in [-0.39, 0.29) is 5.56 Å². The fourth-order valence-corrected chi connectivity index (χ4v) is 4.36. The Morgan fingerprint density at radius 3 is 2.63 bits per heavy atom. The van der Waals surface area contributed by atoms with Gasteiger partial charge in [0.05, 0.1) is 11.4 Å². The van der Waals surface area contributed by atoms with E-state index < -0.39 is 0 Å². The zero-order valence-electron chi connectivity index (χ0n) is 11.0. The van der Waals surface area contributed by atoms with E-state index >= 15 is 0 Å². The summed E-state index contributed by atoms with van der Waals surface area (Å²) in [5.41, 5.74) is 0.958. The van der Waals surface area contributed by atoms with Gasteiger partial charge in [0, 0.05) is 11.2 Å². The van der Waals surface area contributed by atoms with E-state index in [4.69, 9.17) is 0 Å². The molecule has 0 amide bonds. The molecule has 0 radical (unpaired) electrons. The standard InChI is InChI=1S/C14H19BrN2OS/c15-12-13(9-6-7-9)16-11(17-14(12)18)8-19-10-4-2-1-3-5-10/h9-10H,1-8H2,(H,16,17,18). The summed E-state index contributed by atoms with van der Waals surface area (Å²) in [7, 11) is 0. The number of aromatic nitrogens is 2. The summed E-state index contributed by atoms with van der Waals surface area (Å²) in [4.78, 5) is 19.5. The quantitative estimate of drug-likeness (QED) is 0.900. The molecule has 104 valence electrons. The second-order valence-corrected chi connectivity index (χ2v) is 7.64. The van der Waals surface area contributed by atoms with Crippen molar-refractivity contribution in [2.45, 2.75) is 61.9 Å². The molecular formula is C14H19BrN2OS. The van der Waals surface area contributed by atoms with E-state index in [2.05, 4.69) is 25.9 Å². The third-order valence-corrected chi connectivity index (χ3v) is 6.06. The molecule has 2 aliphatic carbocycles. The first-order chi connectivity index (χ1) is 9.24. The van der Waals surface area contributed by atoms with Crippen molar-refractivity contribution in [2.75, 3.05) is 0 Å². The summed E-state index contributed by atoms with van der Waals surface area (Å²) < 4.78 is 0.640. The van der Waals surface area contributed by atoms with Gasteiger partial charge < -0.3 is 4.98 Å². The Morgan fingerprint density at radius 1 is 1.21 bits per heavy atom. The average molecular weight is 343 g/mol. The molecule has 1 heterocycles. The molecule has 0 spiro atoms. The van der Waals surface area contributed by atoms with Crippen LogP contribution in [0.1, 0.15) is 62.4 Å². The van der Waals surface area contributed by atoms with Gasteiger partial charge in [-0.15, -0.1) is 0 Å². The van der Waals surface area contributed by atoms with Crippen molar-refractivity contribution in [1.29, 1.82) is 0 Å². The molecular weight excluding hydrogens is 324 g/mol. The maximum Gasteiger partial charge on any atom is 0.265 e. The maximum absolute atomic E-state index is 11.9. The van der Waals surface area contributed by atoms with Gasteiger partial charge in [-0.25, -0.2) is 4.98 Å².